The average Bonchev–Trinajstić information content (AvgIpc) is 3.24. The second-order valence-electron chi connectivity index (χ2n) is 7.09. The number of nitriles is 1. The van der Waals surface area contributed by atoms with Crippen LogP contribution in [-0.2, 0) is 6.61 Å². The van der Waals surface area contributed by atoms with Crippen molar-refractivity contribution in [2.24, 2.45) is 5.73 Å². The standard InChI is InChI=1S/C24H17ClN2O4/c25-18-7-3-1-5-14(18)12-28-19-8-4-2-6-15(19)23-16-9-21-22(30-13-29-21)10-20(16)31-24(27)17(23)11-26/h1-10,23H,12-13,27H2. The molecule has 0 spiro atoms. The van der Waals surface area contributed by atoms with Gasteiger partial charge in [0.05, 0.1) is 5.92 Å². The molecule has 3 aromatic carbocycles. The van der Waals surface area contributed by atoms with Gasteiger partial charge in [-0.2, -0.15) is 5.26 Å². The minimum Gasteiger partial charge on any atom is -0.489 e. The quantitative estimate of drug-likeness (QED) is 0.633. The summed E-state index contributed by atoms with van der Waals surface area (Å²) in [5.41, 5.74) is 8.83. The largest absolute Gasteiger partial charge is 0.489 e. The van der Waals surface area contributed by atoms with E-state index < -0.39 is 5.92 Å². The summed E-state index contributed by atoms with van der Waals surface area (Å²) in [5.74, 6) is 1.89. The maximum Gasteiger partial charge on any atom is 0.231 e. The highest BCUT2D eigenvalue weighted by Crippen LogP contribution is 2.49. The van der Waals surface area contributed by atoms with Crippen molar-refractivity contribution < 1.29 is 18.9 Å². The van der Waals surface area contributed by atoms with E-state index in [0.717, 1.165) is 16.7 Å². The SMILES string of the molecule is N#CC1=C(N)Oc2cc3c(cc2C1c1ccccc1OCc1ccccc1Cl)OCO3. The fraction of sp³-hybridized carbons (Fsp3) is 0.125. The number of nitrogens with zero attached hydrogens (tertiary/aromatic N) is 1. The highest BCUT2D eigenvalue weighted by Gasteiger charge is 2.34. The van der Waals surface area contributed by atoms with Crippen molar-refractivity contribution in [3.05, 3.63) is 93.8 Å². The molecular weight excluding hydrogens is 416 g/mol. The summed E-state index contributed by atoms with van der Waals surface area (Å²) in [5, 5.41) is 10.5. The lowest BCUT2D eigenvalue weighted by Gasteiger charge is -2.28. The van der Waals surface area contributed by atoms with Crippen molar-refractivity contribution in [3.63, 3.8) is 0 Å². The van der Waals surface area contributed by atoms with Crippen LogP contribution in [0, 0.1) is 11.3 Å². The zero-order valence-corrected chi connectivity index (χ0v) is 17.1. The van der Waals surface area contributed by atoms with Gasteiger partial charge in [0, 0.05) is 27.8 Å². The summed E-state index contributed by atoms with van der Waals surface area (Å²) in [7, 11) is 0. The van der Waals surface area contributed by atoms with Gasteiger partial charge in [-0.1, -0.05) is 48.0 Å². The third-order valence-corrected chi connectivity index (χ3v) is 5.65. The minimum atomic E-state index is -0.481. The molecule has 7 heteroatoms. The Balaban J connectivity index is 1.58. The Labute approximate surface area is 184 Å². The number of rotatable bonds is 4. The number of allylic oxidation sites excluding steroid dienone is 1. The van der Waals surface area contributed by atoms with E-state index in [1.807, 2.05) is 54.6 Å². The third kappa shape index (κ3) is 3.39. The van der Waals surface area contributed by atoms with Crippen LogP contribution in [0.2, 0.25) is 5.02 Å². The lowest BCUT2D eigenvalue weighted by molar-refractivity contribution is 0.174. The number of hydrogen-bond donors (Lipinski definition) is 1. The van der Waals surface area contributed by atoms with Gasteiger partial charge in [0.15, 0.2) is 11.5 Å². The first-order chi connectivity index (χ1) is 15.2. The molecule has 1 atom stereocenters. The molecule has 154 valence electrons. The van der Waals surface area contributed by atoms with Gasteiger partial charge in [-0.05, 0) is 18.2 Å². The molecule has 3 aromatic rings. The fourth-order valence-electron chi connectivity index (χ4n) is 3.79. The Morgan fingerprint density at radius 1 is 1.00 bits per heavy atom. The van der Waals surface area contributed by atoms with E-state index in [0.29, 0.717) is 33.6 Å². The highest BCUT2D eigenvalue weighted by atomic mass is 35.5. The molecule has 0 fully saturated rings. The number of ether oxygens (including phenoxy) is 4. The smallest absolute Gasteiger partial charge is 0.231 e. The Hall–Kier alpha value is -3.82. The van der Waals surface area contributed by atoms with Crippen LogP contribution in [0.3, 0.4) is 0 Å². The molecule has 2 aliphatic heterocycles. The molecule has 5 rings (SSSR count). The van der Waals surface area contributed by atoms with Crippen molar-refractivity contribution in [1.82, 2.24) is 0 Å². The lowest BCUT2D eigenvalue weighted by Crippen LogP contribution is -2.21. The van der Waals surface area contributed by atoms with E-state index >= 15 is 0 Å². The van der Waals surface area contributed by atoms with Crippen molar-refractivity contribution in [1.29, 1.82) is 5.26 Å². The molecule has 0 saturated carbocycles. The number of para-hydroxylation sites is 1. The number of hydrogen-bond acceptors (Lipinski definition) is 6. The van der Waals surface area contributed by atoms with E-state index in [-0.39, 0.29) is 19.3 Å². The zero-order chi connectivity index (χ0) is 21.4. The second kappa shape index (κ2) is 7.78. The molecule has 2 aliphatic rings. The summed E-state index contributed by atoms with van der Waals surface area (Å²) >= 11 is 6.28. The molecule has 1 unspecified atom stereocenters. The van der Waals surface area contributed by atoms with E-state index in [9.17, 15) is 5.26 Å². The van der Waals surface area contributed by atoms with Gasteiger partial charge in [0.1, 0.15) is 29.7 Å². The first-order valence-electron chi connectivity index (χ1n) is 9.62. The Bertz CT molecular complexity index is 1250. The van der Waals surface area contributed by atoms with E-state index in [1.54, 1.807) is 6.07 Å². The van der Waals surface area contributed by atoms with Crippen LogP contribution in [-0.4, -0.2) is 6.79 Å². The van der Waals surface area contributed by atoms with Gasteiger partial charge < -0.3 is 24.7 Å². The Morgan fingerprint density at radius 3 is 2.55 bits per heavy atom. The van der Waals surface area contributed by atoms with Gasteiger partial charge in [0.25, 0.3) is 0 Å². The highest BCUT2D eigenvalue weighted by molar-refractivity contribution is 6.31. The van der Waals surface area contributed by atoms with Crippen molar-refractivity contribution in [3.8, 4) is 29.1 Å². The molecular formula is C24H17ClN2O4. The molecule has 0 aromatic heterocycles. The minimum absolute atomic E-state index is 0.0553. The molecule has 0 saturated heterocycles. The molecule has 0 aliphatic carbocycles. The van der Waals surface area contributed by atoms with Crippen LogP contribution in [0.15, 0.2) is 72.1 Å². The van der Waals surface area contributed by atoms with Crippen molar-refractivity contribution >= 4 is 11.6 Å². The molecule has 0 radical (unpaired) electrons. The van der Waals surface area contributed by atoms with Crippen molar-refractivity contribution in [2.45, 2.75) is 12.5 Å². The van der Waals surface area contributed by atoms with Crippen LogP contribution in [0.5, 0.6) is 23.0 Å². The third-order valence-electron chi connectivity index (χ3n) is 5.28. The van der Waals surface area contributed by atoms with E-state index in [2.05, 4.69) is 6.07 Å². The molecule has 2 N–H and O–H groups in total. The van der Waals surface area contributed by atoms with Crippen molar-refractivity contribution in [2.75, 3.05) is 6.79 Å². The second-order valence-corrected chi connectivity index (χ2v) is 7.49. The number of fused-ring (bicyclic) bond motifs is 2. The fourth-order valence-corrected chi connectivity index (χ4v) is 3.98. The Kier molecular flexibility index (Phi) is 4.81. The predicted octanol–water partition coefficient (Wildman–Crippen LogP) is 4.87. The topological polar surface area (TPSA) is 86.7 Å². The van der Waals surface area contributed by atoms with Gasteiger partial charge in [0.2, 0.25) is 12.7 Å². The van der Waals surface area contributed by atoms with Gasteiger partial charge in [-0.25, -0.2) is 0 Å². The molecule has 31 heavy (non-hydrogen) atoms. The van der Waals surface area contributed by atoms with Crippen LogP contribution >= 0.6 is 11.6 Å². The Morgan fingerprint density at radius 2 is 1.74 bits per heavy atom. The molecule has 2 heterocycles. The predicted molar refractivity (Wildman–Crippen MR) is 114 cm³/mol. The van der Waals surface area contributed by atoms with Crippen LogP contribution in [0.4, 0.5) is 0 Å². The first-order valence-corrected chi connectivity index (χ1v) is 9.99. The number of benzene rings is 3. The van der Waals surface area contributed by atoms with Gasteiger partial charge in [-0.3, -0.25) is 0 Å². The zero-order valence-electron chi connectivity index (χ0n) is 16.3. The summed E-state index contributed by atoms with van der Waals surface area (Å²) in [6.07, 6.45) is 0. The summed E-state index contributed by atoms with van der Waals surface area (Å²) in [4.78, 5) is 0. The van der Waals surface area contributed by atoms with E-state index in [4.69, 9.17) is 36.3 Å². The number of nitrogens with two attached hydrogens (primary N) is 1. The van der Waals surface area contributed by atoms with Gasteiger partial charge >= 0.3 is 0 Å². The summed E-state index contributed by atoms with van der Waals surface area (Å²) in [6, 6.07) is 20.8. The molecule has 0 bridgehead atoms. The first kappa shape index (κ1) is 19.2. The van der Waals surface area contributed by atoms with Gasteiger partial charge in [-0.15, -0.1) is 0 Å². The summed E-state index contributed by atoms with van der Waals surface area (Å²) < 4.78 is 22.9. The lowest BCUT2D eigenvalue weighted by atomic mass is 9.83. The molecule has 0 amide bonds. The van der Waals surface area contributed by atoms with Crippen LogP contribution in [0.1, 0.15) is 22.6 Å². The normalized spacial score (nSPS) is 16.3. The monoisotopic (exact) mass is 432 g/mol. The van der Waals surface area contributed by atoms with Crippen LogP contribution in [0.25, 0.3) is 0 Å². The van der Waals surface area contributed by atoms with Crippen LogP contribution < -0.4 is 24.7 Å². The maximum atomic E-state index is 9.87. The summed E-state index contributed by atoms with van der Waals surface area (Å²) in [6.45, 7) is 0.420. The number of halogens is 1. The van der Waals surface area contributed by atoms with E-state index in [1.165, 1.54) is 0 Å². The molecule has 6 nitrogen and oxygen atoms in total. The average molecular weight is 433 g/mol. The maximum absolute atomic E-state index is 9.87.